The third-order valence-corrected chi connectivity index (χ3v) is 5.88. The summed E-state index contributed by atoms with van der Waals surface area (Å²) in [6.45, 7) is 3.16. The molecule has 0 saturated carbocycles. The van der Waals surface area contributed by atoms with Gasteiger partial charge < -0.3 is 23.5 Å². The molecule has 2 aliphatic heterocycles. The molecule has 1 amide bonds. The van der Waals surface area contributed by atoms with Crippen LogP contribution in [0.15, 0.2) is 46.9 Å². The molecule has 1 atom stereocenters. The number of carbonyl (C=O) groups excluding carboxylic acids is 2. The van der Waals surface area contributed by atoms with E-state index < -0.39 is 5.97 Å². The van der Waals surface area contributed by atoms with Gasteiger partial charge in [-0.1, -0.05) is 24.3 Å². The third kappa shape index (κ3) is 3.60. The molecule has 0 bridgehead atoms. The lowest BCUT2D eigenvalue weighted by Crippen LogP contribution is -2.34. The van der Waals surface area contributed by atoms with Crippen molar-refractivity contribution in [3.63, 3.8) is 0 Å². The molecule has 7 heteroatoms. The van der Waals surface area contributed by atoms with Crippen molar-refractivity contribution in [2.75, 3.05) is 26.4 Å². The minimum atomic E-state index is -0.628. The maximum absolute atomic E-state index is 12.9. The topological polar surface area (TPSA) is 78.2 Å². The summed E-state index contributed by atoms with van der Waals surface area (Å²) in [6, 6.07) is 13.1. The van der Waals surface area contributed by atoms with Gasteiger partial charge in [-0.05, 0) is 43.5 Å². The molecule has 160 valence electrons. The minimum absolute atomic E-state index is 0.0741. The van der Waals surface area contributed by atoms with Gasteiger partial charge in [0, 0.05) is 17.5 Å². The average molecular weight is 421 g/mol. The highest BCUT2D eigenvalue weighted by Crippen LogP contribution is 2.38. The molecule has 1 fully saturated rings. The highest BCUT2D eigenvalue weighted by molar-refractivity contribution is 5.96. The zero-order valence-electron chi connectivity index (χ0n) is 17.3. The molecule has 3 heterocycles. The number of ether oxygens (including phenoxy) is 3. The Bertz CT molecular complexity index is 1150. The predicted molar refractivity (Wildman–Crippen MR) is 112 cm³/mol. The largest absolute Gasteiger partial charge is 0.486 e. The fourth-order valence-electron chi connectivity index (χ4n) is 4.32. The highest BCUT2D eigenvalue weighted by Gasteiger charge is 2.32. The van der Waals surface area contributed by atoms with E-state index in [1.165, 1.54) is 0 Å². The standard InChI is InChI=1S/C24H23NO6/c1-15-17-5-2-3-7-19(17)31-23(15)24(27)30-14-22(26)25-10-4-6-18(25)16-8-9-20-21(13-16)29-12-11-28-20/h2-3,5,7-9,13,18H,4,6,10-12,14H2,1H3. The van der Waals surface area contributed by atoms with E-state index in [0.29, 0.717) is 36.7 Å². The van der Waals surface area contributed by atoms with Crippen LogP contribution in [-0.4, -0.2) is 43.1 Å². The summed E-state index contributed by atoms with van der Waals surface area (Å²) < 4.78 is 22.2. The first-order valence-electron chi connectivity index (χ1n) is 10.5. The molecule has 0 aliphatic carbocycles. The molecule has 3 aromatic rings. The number of fused-ring (bicyclic) bond motifs is 2. The van der Waals surface area contributed by atoms with Crippen molar-refractivity contribution in [3.05, 3.63) is 59.4 Å². The molecule has 31 heavy (non-hydrogen) atoms. The summed E-state index contributed by atoms with van der Waals surface area (Å²) in [5, 5.41) is 0.860. The first-order valence-corrected chi connectivity index (χ1v) is 10.5. The van der Waals surface area contributed by atoms with Crippen LogP contribution in [-0.2, 0) is 9.53 Å². The maximum atomic E-state index is 12.9. The van der Waals surface area contributed by atoms with E-state index in [9.17, 15) is 9.59 Å². The van der Waals surface area contributed by atoms with E-state index in [2.05, 4.69) is 0 Å². The normalized spacial score (nSPS) is 17.7. The van der Waals surface area contributed by atoms with Crippen LogP contribution in [0.3, 0.4) is 0 Å². The van der Waals surface area contributed by atoms with E-state index in [-0.39, 0.29) is 24.3 Å². The number of carbonyl (C=O) groups is 2. The number of hydrogen-bond acceptors (Lipinski definition) is 6. The molecule has 2 aromatic carbocycles. The number of aryl methyl sites for hydroxylation is 1. The lowest BCUT2D eigenvalue weighted by molar-refractivity contribution is -0.135. The number of rotatable bonds is 4. The molecule has 0 spiro atoms. The van der Waals surface area contributed by atoms with Crippen LogP contribution >= 0.6 is 0 Å². The van der Waals surface area contributed by atoms with Crippen molar-refractivity contribution < 1.29 is 28.2 Å². The van der Waals surface area contributed by atoms with Crippen LogP contribution in [0.5, 0.6) is 11.5 Å². The van der Waals surface area contributed by atoms with E-state index in [1.807, 2.05) is 43.3 Å². The lowest BCUT2D eigenvalue weighted by atomic mass is 10.0. The van der Waals surface area contributed by atoms with Gasteiger partial charge in [-0.2, -0.15) is 0 Å². The van der Waals surface area contributed by atoms with Gasteiger partial charge >= 0.3 is 5.97 Å². The Labute approximate surface area is 179 Å². The molecule has 7 nitrogen and oxygen atoms in total. The van der Waals surface area contributed by atoms with E-state index >= 15 is 0 Å². The summed E-state index contributed by atoms with van der Waals surface area (Å²) in [5.41, 5.74) is 2.33. The summed E-state index contributed by atoms with van der Waals surface area (Å²) >= 11 is 0. The van der Waals surface area contributed by atoms with Crippen LogP contribution in [0.2, 0.25) is 0 Å². The van der Waals surface area contributed by atoms with Gasteiger partial charge in [0.2, 0.25) is 5.76 Å². The van der Waals surface area contributed by atoms with Crippen LogP contribution in [0.25, 0.3) is 11.0 Å². The highest BCUT2D eigenvalue weighted by atomic mass is 16.6. The molecular formula is C24H23NO6. The van der Waals surface area contributed by atoms with Crippen LogP contribution in [0, 0.1) is 6.92 Å². The summed E-state index contributed by atoms with van der Waals surface area (Å²) in [7, 11) is 0. The van der Waals surface area contributed by atoms with Crippen molar-refractivity contribution in [2.24, 2.45) is 0 Å². The number of furan rings is 1. The fourth-order valence-corrected chi connectivity index (χ4v) is 4.32. The quantitative estimate of drug-likeness (QED) is 0.592. The van der Waals surface area contributed by atoms with Gasteiger partial charge in [0.1, 0.15) is 18.8 Å². The van der Waals surface area contributed by atoms with E-state index in [0.717, 1.165) is 29.5 Å². The van der Waals surface area contributed by atoms with Gasteiger partial charge in [-0.15, -0.1) is 0 Å². The van der Waals surface area contributed by atoms with Crippen molar-refractivity contribution in [1.29, 1.82) is 0 Å². The number of benzene rings is 2. The van der Waals surface area contributed by atoms with Gasteiger partial charge in [-0.3, -0.25) is 4.79 Å². The zero-order chi connectivity index (χ0) is 21.4. The molecule has 5 rings (SSSR count). The SMILES string of the molecule is Cc1c(C(=O)OCC(=O)N2CCCC2c2ccc3c(c2)OCCO3)oc2ccccc12. The molecule has 2 aliphatic rings. The molecule has 0 N–H and O–H groups in total. The van der Waals surface area contributed by atoms with Crippen molar-refractivity contribution in [2.45, 2.75) is 25.8 Å². The number of esters is 1. The maximum Gasteiger partial charge on any atom is 0.375 e. The van der Waals surface area contributed by atoms with Crippen molar-refractivity contribution >= 4 is 22.8 Å². The fraction of sp³-hybridized carbons (Fsp3) is 0.333. The minimum Gasteiger partial charge on any atom is -0.486 e. The summed E-state index contributed by atoms with van der Waals surface area (Å²) in [5.74, 6) is 0.714. The lowest BCUT2D eigenvalue weighted by Gasteiger charge is -2.26. The second kappa shape index (κ2) is 7.98. The summed E-state index contributed by atoms with van der Waals surface area (Å²) in [4.78, 5) is 27.2. The monoisotopic (exact) mass is 421 g/mol. The van der Waals surface area contributed by atoms with E-state index in [4.69, 9.17) is 18.6 Å². The number of hydrogen-bond donors (Lipinski definition) is 0. The molecule has 0 radical (unpaired) electrons. The Morgan fingerprint density at radius 1 is 1.10 bits per heavy atom. The van der Waals surface area contributed by atoms with Gasteiger partial charge in [0.25, 0.3) is 5.91 Å². The van der Waals surface area contributed by atoms with Crippen LogP contribution in [0.4, 0.5) is 0 Å². The zero-order valence-corrected chi connectivity index (χ0v) is 17.3. The smallest absolute Gasteiger partial charge is 0.375 e. The Morgan fingerprint density at radius 2 is 1.90 bits per heavy atom. The molecule has 1 saturated heterocycles. The molecule has 1 aromatic heterocycles. The Hall–Kier alpha value is -3.48. The first kappa shape index (κ1) is 19.5. The Kier molecular flexibility index (Phi) is 5.02. The average Bonchev–Trinajstić information content (AvgIpc) is 3.42. The predicted octanol–water partition coefficient (Wildman–Crippen LogP) is 4.03. The number of likely N-dealkylation sites (tertiary alicyclic amines) is 1. The van der Waals surface area contributed by atoms with Gasteiger partial charge in [0.05, 0.1) is 6.04 Å². The number of amides is 1. The Morgan fingerprint density at radius 3 is 2.74 bits per heavy atom. The number of para-hydroxylation sites is 1. The second-order valence-electron chi connectivity index (χ2n) is 7.78. The first-order chi connectivity index (χ1) is 15.1. The third-order valence-electron chi connectivity index (χ3n) is 5.88. The second-order valence-corrected chi connectivity index (χ2v) is 7.78. The molecular weight excluding hydrogens is 398 g/mol. The molecule has 1 unspecified atom stereocenters. The number of nitrogens with zero attached hydrogens (tertiary/aromatic N) is 1. The van der Waals surface area contributed by atoms with E-state index in [1.54, 1.807) is 11.0 Å². The van der Waals surface area contributed by atoms with Crippen molar-refractivity contribution in [3.8, 4) is 11.5 Å². The Balaban J connectivity index is 1.27. The van der Waals surface area contributed by atoms with Crippen molar-refractivity contribution in [1.82, 2.24) is 4.90 Å². The summed E-state index contributed by atoms with van der Waals surface area (Å²) in [6.07, 6.45) is 1.74. The van der Waals surface area contributed by atoms with Crippen LogP contribution in [0.1, 0.15) is 40.6 Å². The van der Waals surface area contributed by atoms with Gasteiger partial charge in [0.15, 0.2) is 18.1 Å². The van der Waals surface area contributed by atoms with Gasteiger partial charge in [-0.25, -0.2) is 4.79 Å². The van der Waals surface area contributed by atoms with Crippen LogP contribution < -0.4 is 9.47 Å².